The second-order valence-corrected chi connectivity index (χ2v) is 15.2. The molecule has 0 bridgehead atoms. The van der Waals surface area contributed by atoms with Gasteiger partial charge in [0.15, 0.2) is 0 Å². The Bertz CT molecular complexity index is 3170. The molecule has 0 radical (unpaired) electrons. The van der Waals surface area contributed by atoms with Gasteiger partial charge in [0.25, 0.3) is 0 Å². The Labute approximate surface area is 305 Å². The van der Waals surface area contributed by atoms with Crippen LogP contribution in [-0.4, -0.2) is 9.13 Å². The molecule has 1 aliphatic rings. The number of hydrogen-bond donors (Lipinski definition) is 0. The molecule has 0 saturated carbocycles. The molecule has 3 heterocycles. The van der Waals surface area contributed by atoms with E-state index in [0.29, 0.717) is 5.92 Å². The molecule has 3 aromatic heterocycles. The maximum absolute atomic E-state index is 2.52. The minimum absolute atomic E-state index is 0.497. The molecule has 0 aliphatic heterocycles. The van der Waals surface area contributed by atoms with Crippen LogP contribution in [0.5, 0.6) is 0 Å². The topological polar surface area (TPSA) is 9.86 Å². The molecule has 246 valence electrons. The van der Waals surface area contributed by atoms with E-state index in [9.17, 15) is 0 Å². The lowest BCUT2D eigenvalue weighted by Gasteiger charge is -2.14. The molecule has 0 spiro atoms. The number of nitrogens with zero attached hydrogens (tertiary/aromatic N) is 2. The van der Waals surface area contributed by atoms with Crippen LogP contribution in [0, 0.1) is 5.92 Å². The van der Waals surface area contributed by atoms with Crippen LogP contribution in [0.2, 0.25) is 0 Å². The van der Waals surface area contributed by atoms with E-state index in [-0.39, 0.29) is 0 Å². The zero-order valence-electron chi connectivity index (χ0n) is 28.8. The number of aromatic nitrogens is 2. The fraction of sp³-hybridized carbons (Fsp3) is 0.0612. The maximum atomic E-state index is 2.52. The van der Waals surface area contributed by atoms with Gasteiger partial charge in [-0.25, -0.2) is 0 Å². The summed E-state index contributed by atoms with van der Waals surface area (Å²) in [6.45, 7) is 2.33. The third-order valence-corrected chi connectivity index (χ3v) is 12.2. The van der Waals surface area contributed by atoms with Crippen LogP contribution in [0.1, 0.15) is 13.3 Å². The van der Waals surface area contributed by atoms with E-state index in [2.05, 4.69) is 186 Å². The van der Waals surface area contributed by atoms with Gasteiger partial charge in [0.05, 0.1) is 32.6 Å². The first-order valence-corrected chi connectivity index (χ1v) is 19.0. The zero-order valence-corrected chi connectivity index (χ0v) is 29.6. The largest absolute Gasteiger partial charge is 0.309 e. The summed E-state index contributed by atoms with van der Waals surface area (Å²) in [5, 5.41) is 9.17. The van der Waals surface area contributed by atoms with Gasteiger partial charge < -0.3 is 9.13 Å². The summed E-state index contributed by atoms with van der Waals surface area (Å²) in [6.07, 6.45) is 6.00. The number of thiophene rings is 1. The predicted molar refractivity (Wildman–Crippen MR) is 223 cm³/mol. The molecule has 0 N–H and O–H groups in total. The second-order valence-electron chi connectivity index (χ2n) is 14.2. The summed E-state index contributed by atoms with van der Waals surface area (Å²) < 4.78 is 7.64. The lowest BCUT2D eigenvalue weighted by atomic mass is 9.98. The van der Waals surface area contributed by atoms with Gasteiger partial charge in [0.2, 0.25) is 0 Å². The fourth-order valence-corrected chi connectivity index (χ4v) is 9.86. The number of para-hydroxylation sites is 2. The zero-order chi connectivity index (χ0) is 34.3. The Balaban J connectivity index is 1.12. The van der Waals surface area contributed by atoms with Crippen molar-refractivity contribution in [3.05, 3.63) is 168 Å². The summed E-state index contributed by atoms with van der Waals surface area (Å²) in [7, 11) is 0. The molecule has 52 heavy (non-hydrogen) atoms. The van der Waals surface area contributed by atoms with Gasteiger partial charge in [0, 0.05) is 47.8 Å². The smallest absolute Gasteiger partial charge is 0.0640 e. The minimum Gasteiger partial charge on any atom is -0.309 e. The van der Waals surface area contributed by atoms with Gasteiger partial charge in [-0.05, 0) is 77.6 Å². The van der Waals surface area contributed by atoms with Crippen LogP contribution in [0.25, 0.3) is 98.7 Å². The third kappa shape index (κ3) is 4.36. The Hall–Kier alpha value is -6.16. The lowest BCUT2D eigenvalue weighted by molar-refractivity contribution is 0.795. The van der Waals surface area contributed by atoms with E-state index < -0.39 is 0 Å². The van der Waals surface area contributed by atoms with Gasteiger partial charge in [-0.1, -0.05) is 128 Å². The van der Waals surface area contributed by atoms with Crippen molar-refractivity contribution in [3.8, 4) is 33.6 Å². The van der Waals surface area contributed by atoms with Gasteiger partial charge in [-0.15, -0.1) is 11.3 Å². The molecule has 3 heteroatoms. The maximum Gasteiger partial charge on any atom is 0.0640 e. The molecule has 1 aliphatic carbocycles. The molecule has 11 rings (SSSR count). The van der Waals surface area contributed by atoms with E-state index in [1.54, 1.807) is 0 Å². The predicted octanol–water partition coefficient (Wildman–Crippen LogP) is 12.0. The molecule has 1 unspecified atom stereocenters. The first-order chi connectivity index (χ1) is 25.7. The van der Waals surface area contributed by atoms with Crippen LogP contribution in [0.4, 0.5) is 0 Å². The minimum atomic E-state index is 0.497. The monoisotopic (exact) mass is 682 g/mol. The van der Waals surface area contributed by atoms with Crippen LogP contribution >= 0.6 is 11.3 Å². The van der Waals surface area contributed by atoms with E-state index in [4.69, 9.17) is 0 Å². The van der Waals surface area contributed by atoms with E-state index in [0.717, 1.165) is 6.42 Å². The summed E-state index contributed by atoms with van der Waals surface area (Å²) in [6, 6.07) is 58.1. The van der Waals surface area contributed by atoms with Crippen molar-refractivity contribution in [2.75, 3.05) is 0 Å². The van der Waals surface area contributed by atoms with E-state index in [1.807, 2.05) is 11.3 Å². The normalized spacial score (nSPS) is 14.3. The van der Waals surface area contributed by atoms with E-state index >= 15 is 0 Å². The fourth-order valence-electron chi connectivity index (χ4n) is 8.65. The van der Waals surface area contributed by atoms with Crippen molar-refractivity contribution in [3.63, 3.8) is 0 Å². The summed E-state index contributed by atoms with van der Waals surface area (Å²) >= 11 is 1.90. The summed E-state index contributed by atoms with van der Waals surface area (Å²) in [5.41, 5.74) is 11.1. The average Bonchev–Trinajstić information content (AvgIpc) is 3.85. The molecular formula is C49H34N2S. The Kier molecular flexibility index (Phi) is 6.50. The summed E-state index contributed by atoms with van der Waals surface area (Å²) in [5.74, 6) is 0.497. The Morgan fingerprint density at radius 2 is 1.15 bits per heavy atom. The number of rotatable bonds is 4. The highest BCUT2D eigenvalue weighted by Crippen LogP contribution is 2.40. The molecule has 1 atom stereocenters. The third-order valence-electron chi connectivity index (χ3n) is 11.0. The van der Waals surface area contributed by atoms with Crippen molar-refractivity contribution in [1.82, 2.24) is 9.13 Å². The summed E-state index contributed by atoms with van der Waals surface area (Å²) in [4.78, 5) is 0. The van der Waals surface area contributed by atoms with Crippen molar-refractivity contribution in [2.24, 2.45) is 5.92 Å². The number of hydrogen-bond acceptors (Lipinski definition) is 1. The number of benzene rings is 7. The SMILES string of the molecule is CC1C=c2c(n(-c3cccc4c3sc3ccccc34)c3ccc(-c4ccc5c(c4)c4ccccc4n5-c4ccccc4-c4ccccc4)cc23)=CC1. The van der Waals surface area contributed by atoms with Crippen LogP contribution in [0.15, 0.2) is 158 Å². The first-order valence-electron chi connectivity index (χ1n) is 18.2. The van der Waals surface area contributed by atoms with Crippen molar-refractivity contribution in [2.45, 2.75) is 13.3 Å². The standard InChI is InChI=1S/C49H34N2S/c1-31-22-25-44-39(28-31)41-30-34(24-27-46(41)51(44)47-20-11-17-38-37-16-7-10-21-48(37)52-49(38)47)33-23-26-45-40(29-33)36-15-6-9-19-43(36)50(45)42-18-8-5-14-35(42)32-12-3-2-4-13-32/h2-21,23-31H,22H2,1H3. The quantitative estimate of drug-likeness (QED) is 0.175. The Morgan fingerprint density at radius 3 is 2.02 bits per heavy atom. The van der Waals surface area contributed by atoms with Crippen molar-refractivity contribution in [1.29, 1.82) is 0 Å². The first kappa shape index (κ1) is 29.6. The van der Waals surface area contributed by atoms with Crippen LogP contribution < -0.4 is 10.6 Å². The van der Waals surface area contributed by atoms with Crippen molar-refractivity contribution < 1.29 is 0 Å². The highest BCUT2D eigenvalue weighted by molar-refractivity contribution is 7.26. The van der Waals surface area contributed by atoms with Gasteiger partial charge in [0.1, 0.15) is 0 Å². The number of fused-ring (bicyclic) bond motifs is 9. The Morgan fingerprint density at radius 1 is 0.500 bits per heavy atom. The van der Waals surface area contributed by atoms with Gasteiger partial charge in [-0.3, -0.25) is 0 Å². The van der Waals surface area contributed by atoms with E-state index in [1.165, 1.54) is 97.1 Å². The molecular weight excluding hydrogens is 649 g/mol. The average molecular weight is 683 g/mol. The molecule has 10 aromatic rings. The second kappa shape index (κ2) is 11.4. The van der Waals surface area contributed by atoms with Crippen LogP contribution in [-0.2, 0) is 0 Å². The van der Waals surface area contributed by atoms with Gasteiger partial charge >= 0.3 is 0 Å². The van der Waals surface area contributed by atoms with Gasteiger partial charge in [-0.2, -0.15) is 0 Å². The van der Waals surface area contributed by atoms with Crippen LogP contribution in [0.3, 0.4) is 0 Å². The highest BCUT2D eigenvalue weighted by atomic mass is 32.1. The molecule has 0 saturated heterocycles. The molecule has 2 nitrogen and oxygen atoms in total. The lowest BCUT2D eigenvalue weighted by Crippen LogP contribution is -2.31. The van der Waals surface area contributed by atoms with Crippen molar-refractivity contribution >= 4 is 76.4 Å². The molecule has 7 aromatic carbocycles. The molecule has 0 amide bonds. The molecule has 0 fully saturated rings. The highest BCUT2D eigenvalue weighted by Gasteiger charge is 2.19.